The Morgan fingerprint density at radius 1 is 1.29 bits per heavy atom. The number of amides is 1. The van der Waals surface area contributed by atoms with Gasteiger partial charge in [-0.3, -0.25) is 4.79 Å². The first-order valence-electron chi connectivity index (χ1n) is 5.71. The summed E-state index contributed by atoms with van der Waals surface area (Å²) in [4.78, 5) is 11.8. The van der Waals surface area contributed by atoms with Gasteiger partial charge in [0, 0.05) is 17.3 Å². The second kappa shape index (κ2) is 7.17. The van der Waals surface area contributed by atoms with Crippen LogP contribution < -0.4 is 11.1 Å². The third kappa shape index (κ3) is 4.65. The molecule has 0 heterocycles. The van der Waals surface area contributed by atoms with Gasteiger partial charge in [0.2, 0.25) is 0 Å². The molecular weight excluding hydrogens is 236 g/mol. The number of halogens is 1. The largest absolute Gasteiger partial charge is 0.399 e. The number of nitrogens with two attached hydrogens (primary N) is 1. The Bertz CT molecular complexity index is 351. The molecule has 0 spiro atoms. The van der Waals surface area contributed by atoms with E-state index in [2.05, 4.69) is 19.2 Å². The second-order valence-corrected chi connectivity index (χ2v) is 4.27. The van der Waals surface area contributed by atoms with Crippen molar-refractivity contribution in [3.8, 4) is 0 Å². The summed E-state index contributed by atoms with van der Waals surface area (Å²) < 4.78 is 0. The maximum absolute atomic E-state index is 11.8. The molecule has 2 unspecified atom stereocenters. The van der Waals surface area contributed by atoms with Gasteiger partial charge in [0.15, 0.2) is 0 Å². The lowest BCUT2D eigenvalue weighted by Gasteiger charge is -2.19. The lowest BCUT2D eigenvalue weighted by atomic mass is 10.0. The highest BCUT2D eigenvalue weighted by Gasteiger charge is 2.13. The molecule has 0 saturated heterocycles. The third-order valence-electron chi connectivity index (χ3n) is 3.03. The van der Waals surface area contributed by atoms with Gasteiger partial charge in [0.1, 0.15) is 0 Å². The molecule has 0 bridgehead atoms. The molecular formula is C13H21ClN2O. The fourth-order valence-electron chi connectivity index (χ4n) is 1.42. The second-order valence-electron chi connectivity index (χ2n) is 4.27. The fraction of sp³-hybridized carbons (Fsp3) is 0.462. The quantitative estimate of drug-likeness (QED) is 0.814. The van der Waals surface area contributed by atoms with Gasteiger partial charge in [-0.15, -0.1) is 12.4 Å². The van der Waals surface area contributed by atoms with Crippen molar-refractivity contribution in [2.75, 3.05) is 5.73 Å². The number of benzene rings is 1. The first-order valence-corrected chi connectivity index (χ1v) is 5.71. The van der Waals surface area contributed by atoms with Crippen molar-refractivity contribution in [1.82, 2.24) is 5.32 Å². The molecule has 1 amide bonds. The van der Waals surface area contributed by atoms with Crippen LogP contribution in [0.4, 0.5) is 5.69 Å². The third-order valence-corrected chi connectivity index (χ3v) is 3.03. The molecule has 0 aliphatic heterocycles. The fourth-order valence-corrected chi connectivity index (χ4v) is 1.42. The van der Waals surface area contributed by atoms with Crippen LogP contribution in [-0.2, 0) is 0 Å². The Morgan fingerprint density at radius 2 is 1.82 bits per heavy atom. The van der Waals surface area contributed by atoms with Crippen LogP contribution in [0.3, 0.4) is 0 Å². The number of hydrogen-bond donors (Lipinski definition) is 2. The summed E-state index contributed by atoms with van der Waals surface area (Å²) in [6.07, 6.45) is 1.06. The average Bonchev–Trinajstić information content (AvgIpc) is 2.28. The number of rotatable bonds is 4. The van der Waals surface area contributed by atoms with E-state index in [4.69, 9.17) is 5.73 Å². The Balaban J connectivity index is 0.00000256. The highest BCUT2D eigenvalue weighted by molar-refractivity contribution is 5.94. The molecule has 96 valence electrons. The molecule has 4 heteroatoms. The zero-order chi connectivity index (χ0) is 12.1. The van der Waals surface area contributed by atoms with Gasteiger partial charge in [-0.2, -0.15) is 0 Å². The van der Waals surface area contributed by atoms with Crippen molar-refractivity contribution < 1.29 is 4.79 Å². The molecule has 17 heavy (non-hydrogen) atoms. The Morgan fingerprint density at radius 3 is 2.29 bits per heavy atom. The van der Waals surface area contributed by atoms with Crippen molar-refractivity contribution >= 4 is 24.0 Å². The van der Waals surface area contributed by atoms with Gasteiger partial charge in [-0.1, -0.05) is 20.3 Å². The van der Waals surface area contributed by atoms with Crippen LogP contribution in [0.5, 0.6) is 0 Å². The highest BCUT2D eigenvalue weighted by atomic mass is 35.5. The van der Waals surface area contributed by atoms with Gasteiger partial charge < -0.3 is 11.1 Å². The van der Waals surface area contributed by atoms with E-state index in [-0.39, 0.29) is 24.4 Å². The van der Waals surface area contributed by atoms with Crippen molar-refractivity contribution in [1.29, 1.82) is 0 Å². The van der Waals surface area contributed by atoms with Crippen LogP contribution in [-0.4, -0.2) is 11.9 Å². The number of nitrogens with one attached hydrogen (secondary N) is 1. The minimum Gasteiger partial charge on any atom is -0.399 e. The number of carbonyl (C=O) groups is 1. The highest BCUT2D eigenvalue weighted by Crippen LogP contribution is 2.09. The number of hydrogen-bond acceptors (Lipinski definition) is 2. The van der Waals surface area contributed by atoms with Crippen molar-refractivity contribution in [2.24, 2.45) is 5.92 Å². The van der Waals surface area contributed by atoms with E-state index in [1.54, 1.807) is 24.3 Å². The smallest absolute Gasteiger partial charge is 0.251 e. The standard InChI is InChI=1S/C13H20N2O.ClH/c1-4-9(2)10(3)15-13(16)11-5-7-12(14)8-6-11;/h5-10H,4,14H2,1-3H3,(H,15,16);1H. The zero-order valence-corrected chi connectivity index (χ0v) is 11.4. The molecule has 0 aliphatic rings. The van der Waals surface area contributed by atoms with E-state index in [1.807, 2.05) is 6.92 Å². The van der Waals surface area contributed by atoms with Gasteiger partial charge in [-0.25, -0.2) is 0 Å². The van der Waals surface area contributed by atoms with Gasteiger partial charge >= 0.3 is 0 Å². The number of carbonyl (C=O) groups excluding carboxylic acids is 1. The van der Waals surface area contributed by atoms with Crippen LogP contribution in [0.25, 0.3) is 0 Å². The summed E-state index contributed by atoms with van der Waals surface area (Å²) >= 11 is 0. The minimum atomic E-state index is -0.0344. The van der Waals surface area contributed by atoms with Crippen molar-refractivity contribution in [3.63, 3.8) is 0 Å². The molecule has 0 aliphatic carbocycles. The Labute approximate surface area is 109 Å². The molecule has 2 atom stereocenters. The van der Waals surface area contributed by atoms with E-state index >= 15 is 0 Å². The molecule has 1 rings (SSSR count). The molecule has 0 saturated carbocycles. The molecule has 1 aromatic rings. The summed E-state index contributed by atoms with van der Waals surface area (Å²) in [5.41, 5.74) is 6.90. The van der Waals surface area contributed by atoms with E-state index in [9.17, 15) is 4.79 Å². The van der Waals surface area contributed by atoms with Crippen LogP contribution in [0.15, 0.2) is 24.3 Å². The molecule has 0 aromatic heterocycles. The summed E-state index contributed by atoms with van der Waals surface area (Å²) in [5, 5.41) is 2.99. The first-order chi connectivity index (χ1) is 7.54. The van der Waals surface area contributed by atoms with Crippen LogP contribution in [0, 0.1) is 5.92 Å². The topological polar surface area (TPSA) is 55.1 Å². The molecule has 0 fully saturated rings. The lowest BCUT2D eigenvalue weighted by molar-refractivity contribution is 0.0928. The number of nitrogen functional groups attached to an aromatic ring is 1. The minimum absolute atomic E-state index is 0. The summed E-state index contributed by atoms with van der Waals surface area (Å²) in [6, 6.07) is 7.16. The maximum atomic E-state index is 11.8. The molecule has 3 N–H and O–H groups in total. The van der Waals surface area contributed by atoms with Crippen LogP contribution >= 0.6 is 12.4 Å². The van der Waals surface area contributed by atoms with Gasteiger partial charge in [0.05, 0.1) is 0 Å². The Kier molecular flexibility index (Phi) is 6.66. The SMILES string of the molecule is CCC(C)C(C)NC(=O)c1ccc(N)cc1.Cl. The summed E-state index contributed by atoms with van der Waals surface area (Å²) in [5.74, 6) is 0.450. The maximum Gasteiger partial charge on any atom is 0.251 e. The van der Waals surface area contributed by atoms with E-state index < -0.39 is 0 Å². The van der Waals surface area contributed by atoms with Crippen molar-refractivity contribution in [3.05, 3.63) is 29.8 Å². The summed E-state index contributed by atoms with van der Waals surface area (Å²) in [6.45, 7) is 6.29. The Hall–Kier alpha value is -1.22. The average molecular weight is 257 g/mol. The lowest BCUT2D eigenvalue weighted by Crippen LogP contribution is -2.36. The van der Waals surface area contributed by atoms with Crippen molar-refractivity contribution in [2.45, 2.75) is 33.2 Å². The van der Waals surface area contributed by atoms with E-state index in [0.717, 1.165) is 6.42 Å². The number of anilines is 1. The first kappa shape index (κ1) is 15.8. The normalized spacial score (nSPS) is 13.4. The predicted octanol–water partition coefficient (Wildman–Crippen LogP) is 2.86. The van der Waals surface area contributed by atoms with Crippen LogP contribution in [0.1, 0.15) is 37.6 Å². The molecule has 1 aromatic carbocycles. The van der Waals surface area contributed by atoms with E-state index in [0.29, 0.717) is 17.2 Å². The van der Waals surface area contributed by atoms with Gasteiger partial charge in [-0.05, 0) is 37.1 Å². The van der Waals surface area contributed by atoms with Gasteiger partial charge in [0.25, 0.3) is 5.91 Å². The van der Waals surface area contributed by atoms with E-state index in [1.165, 1.54) is 0 Å². The monoisotopic (exact) mass is 256 g/mol. The van der Waals surface area contributed by atoms with Crippen LogP contribution in [0.2, 0.25) is 0 Å². The predicted molar refractivity (Wildman–Crippen MR) is 74.5 cm³/mol. The molecule has 3 nitrogen and oxygen atoms in total. The molecule has 0 radical (unpaired) electrons. The zero-order valence-electron chi connectivity index (χ0n) is 10.6. The summed E-state index contributed by atoms with van der Waals surface area (Å²) in [7, 11) is 0.